The summed E-state index contributed by atoms with van der Waals surface area (Å²) in [5.74, 6) is -2.00. The van der Waals surface area contributed by atoms with Gasteiger partial charge in [0.15, 0.2) is 11.6 Å². The summed E-state index contributed by atoms with van der Waals surface area (Å²) in [5.41, 5.74) is 0.114. The molecule has 0 radical (unpaired) electrons. The Bertz CT molecular complexity index is 479. The van der Waals surface area contributed by atoms with Crippen molar-refractivity contribution in [3.8, 4) is 0 Å². The lowest BCUT2D eigenvalue weighted by atomic mass is 10.1. The predicted molar refractivity (Wildman–Crippen MR) is 68.7 cm³/mol. The first-order valence-corrected chi connectivity index (χ1v) is 6.44. The second-order valence-electron chi connectivity index (χ2n) is 5.09. The van der Waals surface area contributed by atoms with E-state index in [2.05, 4.69) is 5.32 Å². The molecule has 0 aliphatic carbocycles. The molecule has 5 heteroatoms. The molecule has 2 atom stereocenters. The molecule has 1 N–H and O–H groups in total. The molecule has 1 heterocycles. The van der Waals surface area contributed by atoms with Crippen molar-refractivity contribution < 1.29 is 13.6 Å². The third-order valence-electron chi connectivity index (χ3n) is 3.46. The molecule has 0 aromatic heterocycles. The van der Waals surface area contributed by atoms with Gasteiger partial charge >= 0.3 is 0 Å². The number of piperazine rings is 1. The number of amides is 1. The van der Waals surface area contributed by atoms with Crippen molar-refractivity contribution in [1.82, 2.24) is 10.2 Å². The van der Waals surface area contributed by atoms with Crippen LogP contribution in [0.4, 0.5) is 8.78 Å². The lowest BCUT2D eigenvalue weighted by Gasteiger charge is -2.37. The Labute approximate surface area is 111 Å². The van der Waals surface area contributed by atoms with E-state index < -0.39 is 11.6 Å². The van der Waals surface area contributed by atoms with Gasteiger partial charge in [-0.1, -0.05) is 12.1 Å². The number of halogens is 2. The monoisotopic (exact) mass is 268 g/mol. The molecule has 1 aliphatic rings. The molecular weight excluding hydrogens is 250 g/mol. The van der Waals surface area contributed by atoms with Crippen LogP contribution >= 0.6 is 0 Å². The topological polar surface area (TPSA) is 32.3 Å². The summed E-state index contributed by atoms with van der Waals surface area (Å²) in [6.45, 7) is 5.25. The predicted octanol–water partition coefficient (Wildman–Crippen LogP) is 1.72. The van der Waals surface area contributed by atoms with E-state index in [4.69, 9.17) is 0 Å². The van der Waals surface area contributed by atoms with Crippen LogP contribution in [0.2, 0.25) is 0 Å². The van der Waals surface area contributed by atoms with Gasteiger partial charge in [-0.3, -0.25) is 4.79 Å². The smallest absolute Gasteiger partial charge is 0.227 e. The normalized spacial score (nSPS) is 23.5. The van der Waals surface area contributed by atoms with Gasteiger partial charge in [-0.15, -0.1) is 0 Å². The number of benzene rings is 1. The summed E-state index contributed by atoms with van der Waals surface area (Å²) in [6, 6.07) is 4.22. The van der Waals surface area contributed by atoms with E-state index in [0.717, 1.165) is 12.6 Å². The fourth-order valence-corrected chi connectivity index (χ4v) is 2.32. The molecule has 0 bridgehead atoms. The Morgan fingerprint density at radius 3 is 2.89 bits per heavy atom. The maximum Gasteiger partial charge on any atom is 0.227 e. The molecule has 3 nitrogen and oxygen atoms in total. The molecule has 2 unspecified atom stereocenters. The Hall–Kier alpha value is -1.49. The van der Waals surface area contributed by atoms with Gasteiger partial charge < -0.3 is 10.2 Å². The number of nitrogens with one attached hydrogen (secondary N) is 1. The van der Waals surface area contributed by atoms with Crippen molar-refractivity contribution in [2.24, 2.45) is 0 Å². The summed E-state index contributed by atoms with van der Waals surface area (Å²) in [7, 11) is 0. The fourth-order valence-electron chi connectivity index (χ4n) is 2.32. The third-order valence-corrected chi connectivity index (χ3v) is 3.46. The fraction of sp³-hybridized carbons (Fsp3) is 0.500. The van der Waals surface area contributed by atoms with Crippen molar-refractivity contribution in [3.05, 3.63) is 35.4 Å². The largest absolute Gasteiger partial charge is 0.337 e. The lowest BCUT2D eigenvalue weighted by molar-refractivity contribution is -0.133. The average Bonchev–Trinajstić information content (AvgIpc) is 2.38. The minimum absolute atomic E-state index is 0.0697. The molecule has 1 saturated heterocycles. The molecule has 1 aromatic carbocycles. The van der Waals surface area contributed by atoms with Crippen LogP contribution in [-0.2, 0) is 11.2 Å². The number of carbonyl (C=O) groups is 1. The molecule has 0 spiro atoms. The minimum Gasteiger partial charge on any atom is -0.337 e. The van der Waals surface area contributed by atoms with Gasteiger partial charge in [-0.25, -0.2) is 8.78 Å². The van der Waals surface area contributed by atoms with Gasteiger partial charge in [0.2, 0.25) is 5.91 Å². The van der Waals surface area contributed by atoms with E-state index in [1.165, 1.54) is 12.1 Å². The molecular formula is C14H18F2N2O. The van der Waals surface area contributed by atoms with E-state index in [0.29, 0.717) is 6.54 Å². The molecule has 1 fully saturated rings. The van der Waals surface area contributed by atoms with Crippen LogP contribution in [0.15, 0.2) is 18.2 Å². The summed E-state index contributed by atoms with van der Waals surface area (Å²) >= 11 is 0. The summed E-state index contributed by atoms with van der Waals surface area (Å²) in [6.07, 6.45) is -0.0966. The Morgan fingerprint density at radius 1 is 1.42 bits per heavy atom. The zero-order valence-corrected chi connectivity index (χ0v) is 11.1. The van der Waals surface area contributed by atoms with Crippen molar-refractivity contribution in [2.45, 2.75) is 32.4 Å². The van der Waals surface area contributed by atoms with Crippen molar-refractivity contribution in [3.63, 3.8) is 0 Å². The van der Waals surface area contributed by atoms with Crippen LogP contribution in [0, 0.1) is 11.6 Å². The number of carbonyl (C=O) groups excluding carboxylic acids is 1. The molecule has 1 aliphatic heterocycles. The van der Waals surface area contributed by atoms with Gasteiger partial charge in [0.1, 0.15) is 0 Å². The number of nitrogens with zero attached hydrogens (tertiary/aromatic N) is 1. The van der Waals surface area contributed by atoms with Gasteiger partial charge in [0.05, 0.1) is 6.42 Å². The van der Waals surface area contributed by atoms with E-state index in [9.17, 15) is 13.6 Å². The number of rotatable bonds is 2. The zero-order chi connectivity index (χ0) is 14.0. The van der Waals surface area contributed by atoms with Crippen molar-refractivity contribution in [1.29, 1.82) is 0 Å². The second-order valence-corrected chi connectivity index (χ2v) is 5.09. The van der Waals surface area contributed by atoms with Gasteiger partial charge in [-0.05, 0) is 19.9 Å². The molecule has 19 heavy (non-hydrogen) atoms. The maximum absolute atomic E-state index is 13.5. The van der Waals surface area contributed by atoms with Crippen molar-refractivity contribution >= 4 is 5.91 Å². The summed E-state index contributed by atoms with van der Waals surface area (Å²) < 4.78 is 26.6. The third kappa shape index (κ3) is 3.10. The Kier molecular flexibility index (Phi) is 4.14. The van der Waals surface area contributed by atoms with E-state index in [-0.39, 0.29) is 30.0 Å². The Balaban J connectivity index is 2.10. The standard InChI is InChI=1S/C14H18F2N2O/c1-9-8-18(10(2)7-17-9)13(19)6-11-4-3-5-12(15)14(11)16/h3-5,9-10,17H,6-8H2,1-2H3. The van der Waals surface area contributed by atoms with Crippen LogP contribution in [0.3, 0.4) is 0 Å². The summed E-state index contributed by atoms with van der Waals surface area (Å²) in [4.78, 5) is 13.9. The van der Waals surface area contributed by atoms with Crippen LogP contribution in [0.1, 0.15) is 19.4 Å². The number of hydrogen-bond acceptors (Lipinski definition) is 2. The van der Waals surface area contributed by atoms with E-state index in [1.54, 1.807) is 4.90 Å². The van der Waals surface area contributed by atoms with Crippen LogP contribution in [0.5, 0.6) is 0 Å². The highest BCUT2D eigenvalue weighted by atomic mass is 19.2. The number of hydrogen-bond donors (Lipinski definition) is 1. The molecule has 0 saturated carbocycles. The van der Waals surface area contributed by atoms with Gasteiger partial charge in [-0.2, -0.15) is 0 Å². The maximum atomic E-state index is 13.5. The van der Waals surface area contributed by atoms with Gasteiger partial charge in [0.25, 0.3) is 0 Å². The van der Waals surface area contributed by atoms with Crippen molar-refractivity contribution in [2.75, 3.05) is 13.1 Å². The lowest BCUT2D eigenvalue weighted by Crippen LogP contribution is -2.56. The highest BCUT2D eigenvalue weighted by molar-refractivity contribution is 5.79. The first-order valence-electron chi connectivity index (χ1n) is 6.44. The van der Waals surface area contributed by atoms with E-state index >= 15 is 0 Å². The zero-order valence-electron chi connectivity index (χ0n) is 11.1. The van der Waals surface area contributed by atoms with E-state index in [1.807, 2.05) is 13.8 Å². The van der Waals surface area contributed by atoms with Gasteiger partial charge in [0, 0.05) is 30.7 Å². The minimum atomic E-state index is -0.924. The highest BCUT2D eigenvalue weighted by Gasteiger charge is 2.27. The molecule has 2 rings (SSSR count). The summed E-state index contributed by atoms with van der Waals surface area (Å²) in [5, 5.41) is 3.27. The first-order chi connectivity index (χ1) is 8.99. The second kappa shape index (κ2) is 5.65. The molecule has 104 valence electrons. The van der Waals surface area contributed by atoms with Crippen LogP contribution in [-0.4, -0.2) is 36.0 Å². The molecule has 1 amide bonds. The molecule has 1 aromatic rings. The average molecular weight is 268 g/mol. The van der Waals surface area contributed by atoms with Crippen LogP contribution < -0.4 is 5.32 Å². The Morgan fingerprint density at radius 2 is 2.16 bits per heavy atom. The van der Waals surface area contributed by atoms with Crippen LogP contribution in [0.25, 0.3) is 0 Å². The first kappa shape index (κ1) is 13.9. The SMILES string of the molecule is CC1CN(C(=O)Cc2cccc(F)c2F)C(C)CN1. The highest BCUT2D eigenvalue weighted by Crippen LogP contribution is 2.15. The quantitative estimate of drug-likeness (QED) is 0.885.